The summed E-state index contributed by atoms with van der Waals surface area (Å²) in [6, 6.07) is 1.83. The van der Waals surface area contributed by atoms with E-state index in [0.717, 1.165) is 31.5 Å². The molecule has 2 aromatic heterocycles. The van der Waals surface area contributed by atoms with Crippen molar-refractivity contribution in [2.24, 2.45) is 0 Å². The smallest absolute Gasteiger partial charge is 0.348 e. The lowest BCUT2D eigenvalue weighted by Crippen LogP contribution is -2.43. The monoisotopic (exact) mass is 263 g/mol. The SMILES string of the molecule is CN(c1cc2n[nH]c(=O)n2cn1)C1CCCCC1O. The van der Waals surface area contributed by atoms with Crippen LogP contribution in [-0.2, 0) is 0 Å². The van der Waals surface area contributed by atoms with Crippen molar-refractivity contribution in [1.29, 1.82) is 0 Å². The summed E-state index contributed by atoms with van der Waals surface area (Å²) in [7, 11) is 1.92. The van der Waals surface area contributed by atoms with Crippen LogP contribution >= 0.6 is 0 Å². The average molecular weight is 263 g/mol. The molecule has 7 nitrogen and oxygen atoms in total. The highest BCUT2D eigenvalue weighted by Gasteiger charge is 2.27. The summed E-state index contributed by atoms with van der Waals surface area (Å²) in [5, 5.41) is 16.4. The molecule has 1 fully saturated rings. The molecule has 2 heterocycles. The lowest BCUT2D eigenvalue weighted by molar-refractivity contribution is 0.106. The van der Waals surface area contributed by atoms with Crippen LogP contribution in [0.25, 0.3) is 5.65 Å². The maximum atomic E-state index is 11.4. The van der Waals surface area contributed by atoms with Gasteiger partial charge in [-0.2, -0.15) is 5.10 Å². The zero-order valence-electron chi connectivity index (χ0n) is 10.8. The predicted octanol–water partition coefficient (Wildman–Crippen LogP) is 0.157. The standard InChI is InChI=1S/C12H17N5O2/c1-16(8-4-2-3-5-9(8)18)10-6-11-14-15-12(19)17(11)7-13-10/h6-9,18H,2-5H2,1H3,(H,15,19). The molecular formula is C12H17N5O2. The number of hydrogen-bond donors (Lipinski definition) is 2. The van der Waals surface area contributed by atoms with Crippen molar-refractivity contribution in [3.8, 4) is 0 Å². The minimum absolute atomic E-state index is 0.0781. The Hall–Kier alpha value is -1.89. The molecule has 1 aliphatic rings. The highest BCUT2D eigenvalue weighted by Crippen LogP contribution is 2.25. The Bertz CT molecular complexity index is 634. The van der Waals surface area contributed by atoms with E-state index in [1.54, 1.807) is 6.07 Å². The summed E-state index contributed by atoms with van der Waals surface area (Å²) >= 11 is 0. The molecule has 0 spiro atoms. The van der Waals surface area contributed by atoms with E-state index in [-0.39, 0.29) is 17.8 Å². The summed E-state index contributed by atoms with van der Waals surface area (Å²) < 4.78 is 1.36. The number of rotatable bonds is 2. The fraction of sp³-hybridized carbons (Fsp3) is 0.583. The lowest BCUT2D eigenvalue weighted by atomic mass is 9.91. The molecule has 2 unspecified atom stereocenters. The van der Waals surface area contributed by atoms with Crippen LogP contribution in [0.5, 0.6) is 0 Å². The molecule has 0 aromatic carbocycles. The van der Waals surface area contributed by atoms with Gasteiger partial charge in [-0.15, -0.1) is 0 Å². The number of aliphatic hydroxyl groups is 1. The summed E-state index contributed by atoms with van der Waals surface area (Å²) in [5.74, 6) is 0.720. The van der Waals surface area contributed by atoms with Crippen LogP contribution in [0.1, 0.15) is 25.7 Å². The van der Waals surface area contributed by atoms with E-state index in [1.165, 1.54) is 10.7 Å². The largest absolute Gasteiger partial charge is 0.391 e. The molecule has 2 atom stereocenters. The second kappa shape index (κ2) is 4.65. The first-order valence-electron chi connectivity index (χ1n) is 6.50. The molecule has 3 rings (SSSR count). The molecule has 0 aliphatic heterocycles. The van der Waals surface area contributed by atoms with Gasteiger partial charge in [0.05, 0.1) is 12.1 Å². The molecule has 1 saturated carbocycles. The summed E-state index contributed by atoms with van der Waals surface area (Å²) in [6.07, 6.45) is 5.13. The fourth-order valence-corrected chi connectivity index (χ4v) is 2.71. The van der Waals surface area contributed by atoms with E-state index in [1.807, 2.05) is 11.9 Å². The van der Waals surface area contributed by atoms with Gasteiger partial charge in [-0.25, -0.2) is 19.3 Å². The molecule has 1 aliphatic carbocycles. The first kappa shape index (κ1) is 12.2. The molecule has 2 N–H and O–H groups in total. The maximum absolute atomic E-state index is 11.4. The van der Waals surface area contributed by atoms with Crippen LogP contribution in [0.15, 0.2) is 17.2 Å². The molecule has 0 amide bonds. The van der Waals surface area contributed by atoms with E-state index < -0.39 is 0 Å². The number of aromatic nitrogens is 4. The number of anilines is 1. The van der Waals surface area contributed by atoms with Gasteiger partial charge in [0, 0.05) is 13.1 Å². The first-order valence-corrected chi connectivity index (χ1v) is 6.50. The van der Waals surface area contributed by atoms with Crippen molar-refractivity contribution < 1.29 is 5.11 Å². The van der Waals surface area contributed by atoms with Crippen LogP contribution in [-0.4, -0.2) is 43.9 Å². The molecule has 0 radical (unpaired) electrons. The number of hydrogen-bond acceptors (Lipinski definition) is 5. The molecule has 7 heteroatoms. The third-order valence-electron chi connectivity index (χ3n) is 3.85. The van der Waals surface area contributed by atoms with E-state index >= 15 is 0 Å². The second-order valence-electron chi connectivity index (χ2n) is 5.03. The van der Waals surface area contributed by atoms with Gasteiger partial charge in [-0.1, -0.05) is 12.8 Å². The van der Waals surface area contributed by atoms with Crippen LogP contribution in [0.3, 0.4) is 0 Å². The van der Waals surface area contributed by atoms with Gasteiger partial charge in [0.1, 0.15) is 12.1 Å². The number of nitrogens with one attached hydrogen (secondary N) is 1. The Morgan fingerprint density at radius 1 is 1.47 bits per heavy atom. The molecule has 0 saturated heterocycles. The van der Waals surface area contributed by atoms with Crippen molar-refractivity contribution in [3.63, 3.8) is 0 Å². The quantitative estimate of drug-likeness (QED) is 0.806. The third-order valence-corrected chi connectivity index (χ3v) is 3.85. The zero-order valence-corrected chi connectivity index (χ0v) is 10.8. The minimum Gasteiger partial charge on any atom is -0.391 e. The van der Waals surface area contributed by atoms with Gasteiger partial charge in [-0.05, 0) is 12.8 Å². The average Bonchev–Trinajstić information content (AvgIpc) is 2.80. The fourth-order valence-electron chi connectivity index (χ4n) is 2.71. The Kier molecular flexibility index (Phi) is 2.98. The Morgan fingerprint density at radius 3 is 3.05 bits per heavy atom. The maximum Gasteiger partial charge on any atom is 0.348 e. The summed E-state index contributed by atoms with van der Waals surface area (Å²) in [4.78, 5) is 17.6. The van der Waals surface area contributed by atoms with Crippen LogP contribution < -0.4 is 10.6 Å². The van der Waals surface area contributed by atoms with Crippen LogP contribution in [0, 0.1) is 0 Å². The Labute approximate surface area is 109 Å². The Balaban J connectivity index is 1.92. The highest BCUT2D eigenvalue weighted by molar-refractivity contribution is 5.50. The van der Waals surface area contributed by atoms with Crippen molar-refractivity contribution >= 4 is 11.5 Å². The number of aromatic amines is 1. The molecule has 19 heavy (non-hydrogen) atoms. The first-order chi connectivity index (χ1) is 9.16. The number of H-pyrrole nitrogens is 1. The summed E-state index contributed by atoms with van der Waals surface area (Å²) in [5.41, 5.74) is 0.238. The van der Waals surface area contributed by atoms with E-state index in [9.17, 15) is 9.90 Å². The van der Waals surface area contributed by atoms with E-state index in [2.05, 4.69) is 15.2 Å². The zero-order chi connectivity index (χ0) is 13.4. The van der Waals surface area contributed by atoms with E-state index in [4.69, 9.17) is 0 Å². The number of aliphatic hydroxyl groups excluding tert-OH is 1. The molecule has 2 aromatic rings. The van der Waals surface area contributed by atoms with Crippen molar-refractivity contribution in [2.75, 3.05) is 11.9 Å². The summed E-state index contributed by atoms with van der Waals surface area (Å²) in [6.45, 7) is 0. The van der Waals surface area contributed by atoms with Gasteiger partial charge < -0.3 is 10.0 Å². The van der Waals surface area contributed by atoms with Crippen molar-refractivity contribution in [1.82, 2.24) is 19.6 Å². The topological polar surface area (TPSA) is 86.5 Å². The van der Waals surface area contributed by atoms with Crippen molar-refractivity contribution in [2.45, 2.75) is 37.8 Å². The number of fused-ring (bicyclic) bond motifs is 1. The highest BCUT2D eigenvalue weighted by atomic mass is 16.3. The lowest BCUT2D eigenvalue weighted by Gasteiger charge is -2.35. The van der Waals surface area contributed by atoms with Gasteiger partial charge in [-0.3, -0.25) is 0 Å². The number of likely N-dealkylation sites (N-methyl/N-ethyl adjacent to an activating group) is 1. The molecule has 102 valence electrons. The number of nitrogens with zero attached hydrogens (tertiary/aromatic N) is 4. The molecule has 0 bridgehead atoms. The van der Waals surface area contributed by atoms with Gasteiger partial charge in [0.2, 0.25) is 0 Å². The minimum atomic E-state index is -0.321. The van der Waals surface area contributed by atoms with Crippen LogP contribution in [0.4, 0.5) is 5.82 Å². The molecular weight excluding hydrogens is 246 g/mol. The van der Waals surface area contributed by atoms with Gasteiger partial charge in [0.25, 0.3) is 0 Å². The van der Waals surface area contributed by atoms with Crippen LogP contribution in [0.2, 0.25) is 0 Å². The normalized spacial score (nSPS) is 23.7. The van der Waals surface area contributed by atoms with Crippen molar-refractivity contribution in [3.05, 3.63) is 22.9 Å². The van der Waals surface area contributed by atoms with Gasteiger partial charge in [0.15, 0.2) is 5.65 Å². The second-order valence-corrected chi connectivity index (χ2v) is 5.03. The third kappa shape index (κ3) is 2.10. The Morgan fingerprint density at radius 2 is 2.26 bits per heavy atom. The van der Waals surface area contributed by atoms with Gasteiger partial charge >= 0.3 is 5.69 Å². The predicted molar refractivity (Wildman–Crippen MR) is 70.3 cm³/mol. The van der Waals surface area contributed by atoms with E-state index in [0.29, 0.717) is 5.65 Å².